The van der Waals surface area contributed by atoms with Crippen LogP contribution in [0, 0.1) is 5.41 Å². The summed E-state index contributed by atoms with van der Waals surface area (Å²) in [5, 5.41) is 12.0. The van der Waals surface area contributed by atoms with Crippen molar-refractivity contribution in [3.63, 3.8) is 0 Å². The fraction of sp³-hybridized carbons (Fsp3) is 0.611. The predicted molar refractivity (Wildman–Crippen MR) is 95.6 cm³/mol. The Morgan fingerprint density at radius 1 is 1.38 bits per heavy atom. The second-order valence-electron chi connectivity index (χ2n) is 7.55. The van der Waals surface area contributed by atoms with Gasteiger partial charge in [0, 0.05) is 24.8 Å². The number of carboxylic acid groups (broad SMARTS) is 1. The van der Waals surface area contributed by atoms with Gasteiger partial charge in [-0.3, -0.25) is 4.79 Å². The molecule has 0 aromatic carbocycles. The van der Waals surface area contributed by atoms with E-state index in [4.69, 9.17) is 9.84 Å². The van der Waals surface area contributed by atoms with Crippen molar-refractivity contribution in [3.05, 3.63) is 18.3 Å². The van der Waals surface area contributed by atoms with Crippen molar-refractivity contribution in [3.8, 4) is 11.6 Å². The van der Waals surface area contributed by atoms with Crippen molar-refractivity contribution in [2.75, 3.05) is 13.2 Å². The quantitative estimate of drug-likeness (QED) is 0.735. The van der Waals surface area contributed by atoms with Gasteiger partial charge >= 0.3 is 12.5 Å². The topological polar surface area (TPSA) is 101 Å². The summed E-state index contributed by atoms with van der Waals surface area (Å²) in [5.74, 6) is -1.31. The van der Waals surface area contributed by atoms with Crippen molar-refractivity contribution >= 4 is 12.0 Å². The highest BCUT2D eigenvalue weighted by atomic mass is 19.4. The van der Waals surface area contributed by atoms with E-state index in [1.165, 1.54) is 17.2 Å². The van der Waals surface area contributed by atoms with Crippen LogP contribution in [0.4, 0.5) is 18.0 Å². The minimum Gasteiger partial charge on any atom is -0.474 e. The minimum absolute atomic E-state index is 0.202. The fourth-order valence-electron chi connectivity index (χ4n) is 2.97. The molecule has 0 radical (unpaired) electrons. The summed E-state index contributed by atoms with van der Waals surface area (Å²) in [7, 11) is 0. The Balaban J connectivity index is 1.95. The molecule has 2 atom stereocenters. The zero-order valence-electron chi connectivity index (χ0n) is 16.3. The SMILES string of the molecule is C[C@@H]1C[C@H](NC(=O)C(C)(C)COc2ncccc2OC(F)(F)F)CCN1C(=O)O. The predicted octanol–water partition coefficient (Wildman–Crippen LogP) is 3.03. The van der Waals surface area contributed by atoms with Crippen LogP contribution in [0.25, 0.3) is 0 Å². The first-order chi connectivity index (χ1) is 13.4. The molecule has 0 aliphatic carbocycles. The maximum Gasteiger partial charge on any atom is 0.573 e. The summed E-state index contributed by atoms with van der Waals surface area (Å²) in [6.07, 6.45) is -3.69. The van der Waals surface area contributed by atoms with E-state index in [0.717, 1.165) is 6.07 Å². The molecule has 2 rings (SSSR count). The van der Waals surface area contributed by atoms with Crippen LogP contribution in [-0.2, 0) is 4.79 Å². The summed E-state index contributed by atoms with van der Waals surface area (Å²) in [6, 6.07) is 1.91. The number of nitrogens with one attached hydrogen (secondary N) is 1. The van der Waals surface area contributed by atoms with Gasteiger partial charge in [0.15, 0.2) is 5.75 Å². The molecule has 29 heavy (non-hydrogen) atoms. The molecule has 1 aliphatic heterocycles. The number of aromatic nitrogens is 1. The van der Waals surface area contributed by atoms with Crippen molar-refractivity contribution in [1.82, 2.24) is 15.2 Å². The Bertz CT molecular complexity index is 742. The number of rotatable bonds is 6. The first-order valence-corrected chi connectivity index (χ1v) is 9.03. The Labute approximate surface area is 166 Å². The van der Waals surface area contributed by atoms with Crippen molar-refractivity contribution < 1.29 is 37.3 Å². The molecule has 0 saturated carbocycles. The number of carbonyl (C=O) groups excluding carboxylic acids is 1. The minimum atomic E-state index is -4.89. The van der Waals surface area contributed by atoms with Gasteiger partial charge in [0.25, 0.3) is 5.88 Å². The lowest BCUT2D eigenvalue weighted by Crippen LogP contribution is -2.53. The van der Waals surface area contributed by atoms with Gasteiger partial charge < -0.3 is 24.8 Å². The molecule has 1 fully saturated rings. The number of likely N-dealkylation sites (tertiary alicyclic amines) is 1. The molecule has 162 valence electrons. The van der Waals surface area contributed by atoms with Gasteiger partial charge in [-0.2, -0.15) is 0 Å². The third kappa shape index (κ3) is 6.40. The maximum atomic E-state index is 12.6. The fourth-order valence-corrected chi connectivity index (χ4v) is 2.97. The van der Waals surface area contributed by atoms with Gasteiger partial charge in [0.1, 0.15) is 6.61 Å². The molecule has 1 aromatic rings. The molecular weight excluding hydrogens is 395 g/mol. The van der Waals surface area contributed by atoms with Crippen LogP contribution in [0.2, 0.25) is 0 Å². The molecule has 11 heteroatoms. The molecule has 1 saturated heterocycles. The standard InChI is InChI=1S/C18H24F3N3O5/c1-11-9-12(6-8-24(11)16(26)27)23-15(25)17(2,3)10-28-14-13(5-4-7-22-14)29-18(19,20)21/h4-5,7,11-12H,6,8-10H2,1-3H3,(H,23,25)(H,26,27)/t11-,12-/m1/s1. The van der Waals surface area contributed by atoms with Crippen LogP contribution in [0.1, 0.15) is 33.6 Å². The number of hydrogen-bond acceptors (Lipinski definition) is 5. The van der Waals surface area contributed by atoms with Gasteiger partial charge in [0.2, 0.25) is 5.91 Å². The largest absolute Gasteiger partial charge is 0.573 e. The molecule has 0 spiro atoms. The van der Waals surface area contributed by atoms with Crippen molar-refractivity contribution in [2.24, 2.45) is 5.41 Å². The molecule has 2 N–H and O–H groups in total. The van der Waals surface area contributed by atoms with Crippen LogP contribution < -0.4 is 14.8 Å². The number of amides is 2. The van der Waals surface area contributed by atoms with Crippen LogP contribution >= 0.6 is 0 Å². The van der Waals surface area contributed by atoms with Crippen LogP contribution in [0.15, 0.2) is 18.3 Å². The van der Waals surface area contributed by atoms with Crippen molar-refractivity contribution in [2.45, 2.75) is 52.1 Å². The second kappa shape index (κ2) is 8.75. The second-order valence-corrected chi connectivity index (χ2v) is 7.55. The lowest BCUT2D eigenvalue weighted by Gasteiger charge is -2.37. The Kier molecular flexibility index (Phi) is 6.81. The van der Waals surface area contributed by atoms with E-state index in [9.17, 15) is 22.8 Å². The number of pyridine rings is 1. The molecule has 8 nitrogen and oxygen atoms in total. The van der Waals surface area contributed by atoms with Gasteiger partial charge in [0.05, 0.1) is 5.41 Å². The van der Waals surface area contributed by atoms with E-state index >= 15 is 0 Å². The van der Waals surface area contributed by atoms with E-state index in [1.807, 2.05) is 0 Å². The Hall–Kier alpha value is -2.72. The van der Waals surface area contributed by atoms with Gasteiger partial charge in [-0.25, -0.2) is 9.78 Å². The number of carbonyl (C=O) groups is 2. The molecule has 1 aliphatic rings. The molecular formula is C18H24F3N3O5. The number of nitrogens with zero attached hydrogens (tertiary/aromatic N) is 2. The average molecular weight is 419 g/mol. The monoisotopic (exact) mass is 419 g/mol. The van der Waals surface area contributed by atoms with E-state index < -0.39 is 23.6 Å². The zero-order valence-corrected chi connectivity index (χ0v) is 16.3. The number of piperidine rings is 1. The third-order valence-corrected chi connectivity index (χ3v) is 4.60. The molecule has 2 amide bonds. The molecule has 1 aromatic heterocycles. The maximum absolute atomic E-state index is 12.6. The average Bonchev–Trinajstić information content (AvgIpc) is 2.59. The summed E-state index contributed by atoms with van der Waals surface area (Å²) in [4.78, 5) is 28.8. The Morgan fingerprint density at radius 3 is 2.66 bits per heavy atom. The van der Waals surface area contributed by atoms with E-state index in [-0.39, 0.29) is 30.5 Å². The lowest BCUT2D eigenvalue weighted by molar-refractivity contribution is -0.275. The van der Waals surface area contributed by atoms with Gasteiger partial charge in [-0.1, -0.05) is 0 Å². The normalized spacial score (nSPS) is 20.1. The van der Waals surface area contributed by atoms with Crippen LogP contribution in [0.5, 0.6) is 11.6 Å². The van der Waals surface area contributed by atoms with Crippen molar-refractivity contribution in [1.29, 1.82) is 0 Å². The lowest BCUT2D eigenvalue weighted by atomic mass is 9.91. The van der Waals surface area contributed by atoms with Crippen LogP contribution in [-0.4, -0.2) is 58.6 Å². The molecule has 0 bridgehead atoms. The van der Waals surface area contributed by atoms with E-state index in [2.05, 4.69) is 15.0 Å². The summed E-state index contributed by atoms with van der Waals surface area (Å²) < 4.78 is 46.7. The molecule has 2 heterocycles. The number of ether oxygens (including phenoxy) is 2. The highest BCUT2D eigenvalue weighted by Crippen LogP contribution is 2.31. The smallest absolute Gasteiger partial charge is 0.474 e. The highest BCUT2D eigenvalue weighted by molar-refractivity contribution is 5.82. The van der Waals surface area contributed by atoms with Crippen LogP contribution in [0.3, 0.4) is 0 Å². The van der Waals surface area contributed by atoms with E-state index in [1.54, 1.807) is 20.8 Å². The highest BCUT2D eigenvalue weighted by Gasteiger charge is 2.36. The number of halogens is 3. The molecule has 0 unspecified atom stereocenters. The van der Waals surface area contributed by atoms with Gasteiger partial charge in [-0.15, -0.1) is 13.2 Å². The summed E-state index contributed by atoms with van der Waals surface area (Å²) in [6.45, 7) is 5.03. The Morgan fingerprint density at radius 2 is 2.07 bits per heavy atom. The first-order valence-electron chi connectivity index (χ1n) is 9.03. The zero-order chi connectivity index (χ0) is 21.8. The first kappa shape index (κ1) is 22.6. The van der Waals surface area contributed by atoms with Gasteiger partial charge in [-0.05, 0) is 45.7 Å². The summed E-state index contributed by atoms with van der Waals surface area (Å²) in [5.41, 5.74) is -1.07. The summed E-state index contributed by atoms with van der Waals surface area (Å²) >= 11 is 0. The number of alkyl halides is 3. The van der Waals surface area contributed by atoms with E-state index in [0.29, 0.717) is 19.4 Å². The third-order valence-electron chi connectivity index (χ3n) is 4.60. The number of hydrogen-bond donors (Lipinski definition) is 2.